The normalized spacial score (nSPS) is 13.3. The number of aromatic nitrogens is 2. The van der Waals surface area contributed by atoms with Crippen molar-refractivity contribution in [3.63, 3.8) is 0 Å². The molecule has 7 nitrogen and oxygen atoms in total. The van der Waals surface area contributed by atoms with Crippen LogP contribution < -0.4 is 11.3 Å². The molecule has 0 spiro atoms. The highest BCUT2D eigenvalue weighted by atomic mass is 16.2. The molecular weight excluding hydrogens is 380 g/mol. The zero-order valence-electron chi connectivity index (χ0n) is 16.7. The monoisotopic (exact) mass is 404 g/mol. The van der Waals surface area contributed by atoms with Crippen LogP contribution in [0.1, 0.15) is 41.6 Å². The van der Waals surface area contributed by atoms with Crippen molar-refractivity contribution in [2.75, 3.05) is 0 Å². The Balaban J connectivity index is 1.37. The number of primary amides is 1. The number of nitrogens with two attached hydrogens (primary N) is 1. The van der Waals surface area contributed by atoms with E-state index < -0.39 is 5.91 Å². The van der Waals surface area contributed by atoms with Gasteiger partial charge in [-0.15, -0.1) is 0 Å². The van der Waals surface area contributed by atoms with Crippen LogP contribution in [-0.2, 0) is 17.9 Å². The van der Waals surface area contributed by atoms with Crippen LogP contribution in [-0.4, -0.2) is 32.3 Å². The predicted octanol–water partition coefficient (Wildman–Crippen LogP) is 2.47. The molecule has 1 aliphatic carbocycles. The first kappa shape index (κ1) is 19.8. The van der Waals surface area contributed by atoms with Crippen LogP contribution in [0.5, 0.6) is 0 Å². The molecule has 1 saturated carbocycles. The first-order valence-electron chi connectivity index (χ1n) is 10.2. The van der Waals surface area contributed by atoms with Gasteiger partial charge in [-0.25, -0.2) is 4.98 Å². The highest BCUT2D eigenvalue weighted by Gasteiger charge is 2.32. The molecule has 2 aromatic carbocycles. The van der Waals surface area contributed by atoms with Gasteiger partial charge in [0.25, 0.3) is 5.56 Å². The average molecular weight is 404 g/mol. The third-order valence-corrected chi connectivity index (χ3v) is 5.42. The van der Waals surface area contributed by atoms with E-state index >= 15 is 0 Å². The molecule has 1 aliphatic rings. The maximum atomic E-state index is 12.8. The average Bonchev–Trinajstić information content (AvgIpc) is 3.59. The van der Waals surface area contributed by atoms with Crippen LogP contribution in [0.25, 0.3) is 10.9 Å². The van der Waals surface area contributed by atoms with Crippen molar-refractivity contribution in [2.45, 2.75) is 44.8 Å². The van der Waals surface area contributed by atoms with E-state index in [0.29, 0.717) is 42.4 Å². The SMILES string of the molecule is NC(=O)c1ccc(CN(C(=O)CCCn2cnc3ccccc3c2=O)C2CC2)cc1. The first-order chi connectivity index (χ1) is 14.5. The Morgan fingerprint density at radius 3 is 2.53 bits per heavy atom. The van der Waals surface area contributed by atoms with Crippen molar-refractivity contribution in [3.05, 3.63) is 76.3 Å². The maximum Gasteiger partial charge on any atom is 0.261 e. The number of fused-ring (bicyclic) bond motifs is 1. The lowest BCUT2D eigenvalue weighted by Gasteiger charge is -2.23. The molecule has 0 saturated heterocycles. The van der Waals surface area contributed by atoms with Crippen molar-refractivity contribution in [3.8, 4) is 0 Å². The van der Waals surface area contributed by atoms with Gasteiger partial charge in [0.1, 0.15) is 0 Å². The van der Waals surface area contributed by atoms with E-state index in [1.807, 2.05) is 35.2 Å². The summed E-state index contributed by atoms with van der Waals surface area (Å²) in [6, 6.07) is 14.6. The van der Waals surface area contributed by atoms with E-state index in [1.165, 1.54) is 0 Å². The van der Waals surface area contributed by atoms with Crippen molar-refractivity contribution < 1.29 is 9.59 Å². The van der Waals surface area contributed by atoms with Crippen LogP contribution in [0, 0.1) is 0 Å². The fourth-order valence-corrected chi connectivity index (χ4v) is 3.59. The molecule has 0 bridgehead atoms. The zero-order chi connectivity index (χ0) is 21.1. The highest BCUT2D eigenvalue weighted by molar-refractivity contribution is 5.92. The Morgan fingerprint density at radius 2 is 1.83 bits per heavy atom. The van der Waals surface area contributed by atoms with Crippen molar-refractivity contribution in [1.29, 1.82) is 0 Å². The number of rotatable bonds is 8. The summed E-state index contributed by atoms with van der Waals surface area (Å²) in [5, 5.41) is 0.588. The molecule has 7 heteroatoms. The molecule has 0 atom stereocenters. The number of hydrogen-bond acceptors (Lipinski definition) is 4. The van der Waals surface area contributed by atoms with Crippen LogP contribution in [0.3, 0.4) is 0 Å². The van der Waals surface area contributed by atoms with E-state index in [4.69, 9.17) is 5.73 Å². The Kier molecular flexibility index (Phi) is 5.61. The second kappa shape index (κ2) is 8.49. The number of para-hydroxylation sites is 1. The number of carbonyl (C=O) groups excluding carboxylic acids is 2. The number of hydrogen-bond donors (Lipinski definition) is 1. The standard InChI is InChI=1S/C23H24N4O3/c24-22(29)17-9-7-16(8-10-17)14-27(18-11-12-18)21(28)6-3-13-26-15-25-20-5-2-1-4-19(20)23(26)30/h1-2,4-5,7-10,15,18H,3,6,11-14H2,(H2,24,29). The van der Waals surface area contributed by atoms with Crippen molar-refractivity contribution >= 4 is 22.7 Å². The summed E-state index contributed by atoms with van der Waals surface area (Å²) in [5.74, 6) is -0.381. The van der Waals surface area contributed by atoms with E-state index in [9.17, 15) is 14.4 Å². The first-order valence-corrected chi connectivity index (χ1v) is 10.2. The largest absolute Gasteiger partial charge is 0.366 e. The molecule has 0 radical (unpaired) electrons. The van der Waals surface area contributed by atoms with Crippen LogP contribution in [0.4, 0.5) is 0 Å². The molecule has 1 fully saturated rings. The molecule has 154 valence electrons. The number of carbonyl (C=O) groups is 2. The van der Waals surface area contributed by atoms with Crippen LogP contribution >= 0.6 is 0 Å². The van der Waals surface area contributed by atoms with E-state index in [2.05, 4.69) is 4.98 Å². The molecule has 1 heterocycles. The third-order valence-electron chi connectivity index (χ3n) is 5.42. The summed E-state index contributed by atoms with van der Waals surface area (Å²) in [6.45, 7) is 0.967. The second-order valence-electron chi connectivity index (χ2n) is 7.68. The summed E-state index contributed by atoms with van der Waals surface area (Å²) < 4.78 is 1.57. The van der Waals surface area contributed by atoms with Crippen molar-refractivity contribution in [2.24, 2.45) is 5.73 Å². The molecule has 0 unspecified atom stereocenters. The molecular formula is C23H24N4O3. The van der Waals surface area contributed by atoms with E-state index in [1.54, 1.807) is 29.1 Å². The molecule has 4 rings (SSSR count). The van der Waals surface area contributed by atoms with Gasteiger partial charge >= 0.3 is 0 Å². The zero-order valence-corrected chi connectivity index (χ0v) is 16.7. The van der Waals surface area contributed by atoms with Gasteiger partial charge in [-0.05, 0) is 49.1 Å². The van der Waals surface area contributed by atoms with Gasteiger partial charge in [0, 0.05) is 31.1 Å². The van der Waals surface area contributed by atoms with Gasteiger partial charge in [0.2, 0.25) is 11.8 Å². The molecule has 3 aromatic rings. The van der Waals surface area contributed by atoms with Gasteiger partial charge < -0.3 is 10.6 Å². The van der Waals surface area contributed by atoms with E-state index in [-0.39, 0.29) is 17.5 Å². The van der Waals surface area contributed by atoms with Gasteiger partial charge in [0.05, 0.1) is 17.2 Å². The quantitative estimate of drug-likeness (QED) is 0.623. The summed E-state index contributed by atoms with van der Waals surface area (Å²) in [6.07, 6.45) is 4.52. The minimum absolute atomic E-state index is 0.0817. The predicted molar refractivity (Wildman–Crippen MR) is 114 cm³/mol. The van der Waals surface area contributed by atoms with Gasteiger partial charge in [-0.2, -0.15) is 0 Å². The van der Waals surface area contributed by atoms with Gasteiger partial charge in [0.15, 0.2) is 0 Å². The smallest absolute Gasteiger partial charge is 0.261 e. The Hall–Kier alpha value is -3.48. The molecule has 2 N–H and O–H groups in total. The molecule has 30 heavy (non-hydrogen) atoms. The number of benzene rings is 2. The summed E-state index contributed by atoms with van der Waals surface area (Å²) >= 11 is 0. The minimum atomic E-state index is -0.463. The number of nitrogens with zero attached hydrogens (tertiary/aromatic N) is 3. The highest BCUT2D eigenvalue weighted by Crippen LogP contribution is 2.29. The molecule has 2 amide bonds. The number of amides is 2. The van der Waals surface area contributed by atoms with Crippen LogP contribution in [0.15, 0.2) is 59.7 Å². The lowest BCUT2D eigenvalue weighted by atomic mass is 10.1. The Bertz CT molecular complexity index is 1130. The van der Waals surface area contributed by atoms with Gasteiger partial charge in [-0.1, -0.05) is 24.3 Å². The van der Waals surface area contributed by atoms with Gasteiger partial charge in [-0.3, -0.25) is 19.0 Å². The van der Waals surface area contributed by atoms with E-state index in [0.717, 1.165) is 18.4 Å². The lowest BCUT2D eigenvalue weighted by molar-refractivity contribution is -0.132. The number of aryl methyl sites for hydroxylation is 1. The topological polar surface area (TPSA) is 98.3 Å². The Labute approximate surface area is 174 Å². The summed E-state index contributed by atoms with van der Waals surface area (Å²) in [5.41, 5.74) is 7.30. The Morgan fingerprint density at radius 1 is 1.10 bits per heavy atom. The lowest BCUT2D eigenvalue weighted by Crippen LogP contribution is -2.32. The van der Waals surface area contributed by atoms with Crippen LogP contribution in [0.2, 0.25) is 0 Å². The van der Waals surface area contributed by atoms with Crippen molar-refractivity contribution in [1.82, 2.24) is 14.5 Å². The second-order valence-corrected chi connectivity index (χ2v) is 7.68. The molecule has 0 aliphatic heterocycles. The summed E-state index contributed by atoms with van der Waals surface area (Å²) in [4.78, 5) is 42.9. The maximum absolute atomic E-state index is 12.8. The summed E-state index contributed by atoms with van der Waals surface area (Å²) in [7, 11) is 0. The minimum Gasteiger partial charge on any atom is -0.366 e. The fourth-order valence-electron chi connectivity index (χ4n) is 3.59. The fraction of sp³-hybridized carbons (Fsp3) is 0.304. The molecule has 1 aromatic heterocycles. The third kappa shape index (κ3) is 4.40.